The minimum atomic E-state index is -2.85. The summed E-state index contributed by atoms with van der Waals surface area (Å²) < 4.78 is 25.7. The maximum atomic E-state index is 11.8. The highest BCUT2D eigenvalue weighted by molar-refractivity contribution is 7.99. The highest BCUT2D eigenvalue weighted by atomic mass is 32.2. The van der Waals surface area contributed by atoms with Gasteiger partial charge in [-0.15, -0.1) is 16.8 Å². The minimum Gasteiger partial charge on any atom is -0.317 e. The van der Waals surface area contributed by atoms with Gasteiger partial charge in [-0.2, -0.15) is 0 Å². The highest BCUT2D eigenvalue weighted by Crippen LogP contribution is 2.30. The van der Waals surface area contributed by atoms with Gasteiger partial charge in [0.2, 0.25) is 0 Å². The maximum absolute atomic E-state index is 11.8. The van der Waals surface area contributed by atoms with E-state index in [0.717, 1.165) is 55.5 Å². The number of nitrogens with one attached hydrogen (secondary N) is 1. The highest BCUT2D eigenvalue weighted by Gasteiger charge is 2.27. The van der Waals surface area contributed by atoms with Crippen molar-refractivity contribution in [1.82, 2.24) is 20.1 Å². The Balaban J connectivity index is 1.68. The number of rotatable bonds is 6. The molecule has 0 radical (unpaired) electrons. The number of nitrogens with zero attached hydrogens (tertiary/aromatic N) is 3. The first kappa shape index (κ1) is 17.9. The fraction of sp³-hybridized carbons (Fsp3) is 0.750. The molecule has 1 aromatic rings. The lowest BCUT2D eigenvalue weighted by Gasteiger charge is -2.23. The van der Waals surface area contributed by atoms with E-state index >= 15 is 0 Å². The van der Waals surface area contributed by atoms with Gasteiger partial charge in [-0.25, -0.2) is 8.42 Å². The second-order valence-corrected chi connectivity index (χ2v) is 9.91. The van der Waals surface area contributed by atoms with Crippen LogP contribution in [-0.2, 0) is 16.4 Å². The summed E-state index contributed by atoms with van der Waals surface area (Å²) in [6.45, 7) is 6.60. The molecular formula is C16H26N4O2S2. The van der Waals surface area contributed by atoms with E-state index in [0.29, 0.717) is 24.0 Å². The molecular weight excluding hydrogens is 344 g/mol. The van der Waals surface area contributed by atoms with Crippen molar-refractivity contribution in [3.8, 4) is 0 Å². The van der Waals surface area contributed by atoms with E-state index in [1.807, 2.05) is 6.08 Å². The van der Waals surface area contributed by atoms with Crippen molar-refractivity contribution in [2.75, 3.05) is 30.3 Å². The largest absolute Gasteiger partial charge is 0.317 e. The van der Waals surface area contributed by atoms with Crippen molar-refractivity contribution in [1.29, 1.82) is 0 Å². The fourth-order valence-corrected chi connectivity index (χ4v) is 6.55. The lowest BCUT2D eigenvalue weighted by Crippen LogP contribution is -2.28. The van der Waals surface area contributed by atoms with Crippen molar-refractivity contribution < 1.29 is 8.42 Å². The SMILES string of the molecule is C=CCn1c(SC[C@@H]2CCCS(=O)(=O)C2)nnc1C1CCNCC1. The van der Waals surface area contributed by atoms with E-state index in [2.05, 4.69) is 26.7 Å². The summed E-state index contributed by atoms with van der Waals surface area (Å²) in [6, 6.07) is 0. The third-order valence-corrected chi connectivity index (χ3v) is 7.86. The molecule has 8 heteroatoms. The molecule has 0 aromatic carbocycles. The summed E-state index contributed by atoms with van der Waals surface area (Å²) in [6.07, 6.45) is 5.82. The number of aromatic nitrogens is 3. The topological polar surface area (TPSA) is 76.9 Å². The number of allylic oxidation sites excluding steroid dienone is 1. The van der Waals surface area contributed by atoms with Crippen LogP contribution in [0.5, 0.6) is 0 Å². The molecule has 2 aliphatic heterocycles. The van der Waals surface area contributed by atoms with Crippen molar-refractivity contribution >= 4 is 21.6 Å². The van der Waals surface area contributed by atoms with E-state index < -0.39 is 9.84 Å². The van der Waals surface area contributed by atoms with Gasteiger partial charge in [0.15, 0.2) is 15.0 Å². The summed E-state index contributed by atoms with van der Waals surface area (Å²) in [7, 11) is -2.85. The monoisotopic (exact) mass is 370 g/mol. The maximum Gasteiger partial charge on any atom is 0.191 e. The standard InChI is InChI=1S/C16H26N4O2S2/c1-2-9-20-15(14-5-7-17-8-6-14)18-19-16(20)23-11-13-4-3-10-24(21,22)12-13/h2,13-14,17H,1,3-12H2/t13-/m0/s1. The van der Waals surface area contributed by atoms with Gasteiger partial charge in [0.1, 0.15) is 5.82 Å². The summed E-state index contributed by atoms with van der Waals surface area (Å²) >= 11 is 1.64. The zero-order valence-corrected chi connectivity index (χ0v) is 15.6. The zero-order valence-electron chi connectivity index (χ0n) is 14.0. The lowest BCUT2D eigenvalue weighted by atomic mass is 9.97. The Kier molecular flexibility index (Phi) is 5.99. The molecule has 0 saturated carbocycles. The van der Waals surface area contributed by atoms with Crippen LogP contribution >= 0.6 is 11.8 Å². The smallest absolute Gasteiger partial charge is 0.191 e. The molecule has 1 aromatic heterocycles. The van der Waals surface area contributed by atoms with Crippen LogP contribution in [0.2, 0.25) is 0 Å². The Morgan fingerprint density at radius 2 is 2.08 bits per heavy atom. The molecule has 0 bridgehead atoms. The first-order chi connectivity index (χ1) is 11.6. The number of hydrogen-bond acceptors (Lipinski definition) is 6. The quantitative estimate of drug-likeness (QED) is 0.608. The first-order valence-corrected chi connectivity index (χ1v) is 11.5. The molecule has 2 fully saturated rings. The van der Waals surface area contributed by atoms with Gasteiger partial charge in [0.05, 0.1) is 11.5 Å². The molecule has 2 saturated heterocycles. The van der Waals surface area contributed by atoms with Crippen LogP contribution < -0.4 is 5.32 Å². The van der Waals surface area contributed by atoms with Crippen LogP contribution in [0.4, 0.5) is 0 Å². The molecule has 3 rings (SSSR count). The van der Waals surface area contributed by atoms with Gasteiger partial charge in [-0.05, 0) is 44.7 Å². The Morgan fingerprint density at radius 3 is 2.79 bits per heavy atom. The molecule has 0 aliphatic carbocycles. The predicted molar refractivity (Wildman–Crippen MR) is 97.2 cm³/mol. The van der Waals surface area contributed by atoms with Crippen molar-refractivity contribution in [2.24, 2.45) is 5.92 Å². The lowest BCUT2D eigenvalue weighted by molar-refractivity contribution is 0.431. The van der Waals surface area contributed by atoms with Crippen LogP contribution in [0.15, 0.2) is 17.8 Å². The van der Waals surface area contributed by atoms with Gasteiger partial charge in [0.25, 0.3) is 0 Å². The molecule has 6 nitrogen and oxygen atoms in total. The third kappa shape index (κ3) is 4.40. The number of thioether (sulfide) groups is 1. The first-order valence-electron chi connectivity index (χ1n) is 8.67. The van der Waals surface area contributed by atoms with Crippen LogP contribution in [0, 0.1) is 5.92 Å². The molecule has 134 valence electrons. The van der Waals surface area contributed by atoms with Crippen LogP contribution in [0.1, 0.15) is 37.4 Å². The number of hydrogen-bond donors (Lipinski definition) is 1. The normalized spacial score (nSPS) is 24.8. The average molecular weight is 371 g/mol. The van der Waals surface area contributed by atoms with Gasteiger partial charge in [-0.1, -0.05) is 17.8 Å². The average Bonchev–Trinajstić information content (AvgIpc) is 2.96. The molecule has 2 aliphatic rings. The molecule has 1 atom stereocenters. The van der Waals surface area contributed by atoms with Crippen LogP contribution in [0.25, 0.3) is 0 Å². The number of piperidine rings is 1. The Hall–Kier alpha value is -0.860. The summed E-state index contributed by atoms with van der Waals surface area (Å²) in [4.78, 5) is 0. The predicted octanol–water partition coefficient (Wildman–Crippen LogP) is 1.85. The molecule has 0 amide bonds. The van der Waals surface area contributed by atoms with E-state index in [1.54, 1.807) is 11.8 Å². The molecule has 3 heterocycles. The Morgan fingerprint density at radius 1 is 1.29 bits per heavy atom. The van der Waals surface area contributed by atoms with Gasteiger partial charge in [0, 0.05) is 18.2 Å². The Labute approximate surface area is 148 Å². The van der Waals surface area contributed by atoms with E-state index in [-0.39, 0.29) is 5.92 Å². The van der Waals surface area contributed by atoms with Crippen LogP contribution in [-0.4, -0.2) is 53.5 Å². The summed E-state index contributed by atoms with van der Waals surface area (Å²) in [5.74, 6) is 3.18. The van der Waals surface area contributed by atoms with Crippen molar-refractivity contribution in [2.45, 2.75) is 43.3 Å². The number of sulfone groups is 1. The minimum absolute atomic E-state index is 0.227. The fourth-order valence-electron chi connectivity index (χ4n) is 3.53. The van der Waals surface area contributed by atoms with Gasteiger partial charge >= 0.3 is 0 Å². The van der Waals surface area contributed by atoms with E-state index in [9.17, 15) is 8.42 Å². The summed E-state index contributed by atoms with van der Waals surface area (Å²) in [5.41, 5.74) is 0. The van der Waals surface area contributed by atoms with Crippen molar-refractivity contribution in [3.63, 3.8) is 0 Å². The molecule has 24 heavy (non-hydrogen) atoms. The van der Waals surface area contributed by atoms with Gasteiger partial charge < -0.3 is 9.88 Å². The molecule has 1 N–H and O–H groups in total. The molecule has 0 unspecified atom stereocenters. The van der Waals surface area contributed by atoms with Gasteiger partial charge in [-0.3, -0.25) is 0 Å². The van der Waals surface area contributed by atoms with E-state index in [1.165, 1.54) is 0 Å². The third-order valence-electron chi connectivity index (χ3n) is 4.77. The van der Waals surface area contributed by atoms with E-state index in [4.69, 9.17) is 0 Å². The molecule has 0 spiro atoms. The van der Waals surface area contributed by atoms with Crippen LogP contribution in [0.3, 0.4) is 0 Å². The second-order valence-electron chi connectivity index (χ2n) is 6.70. The second kappa shape index (κ2) is 8.01. The summed E-state index contributed by atoms with van der Waals surface area (Å²) in [5, 5.41) is 13.1. The van der Waals surface area contributed by atoms with Crippen molar-refractivity contribution in [3.05, 3.63) is 18.5 Å². The Bertz CT molecular complexity index is 666. The zero-order chi connectivity index (χ0) is 17.0.